The maximum atomic E-state index is 12.4. The molecule has 8 heteroatoms. The first-order valence-electron chi connectivity index (χ1n) is 8.48. The van der Waals surface area contributed by atoms with E-state index in [4.69, 9.17) is 0 Å². The Labute approximate surface area is 138 Å². The van der Waals surface area contributed by atoms with Crippen molar-refractivity contribution in [2.45, 2.75) is 51.2 Å². The van der Waals surface area contributed by atoms with Gasteiger partial charge in [-0.15, -0.1) is 0 Å². The van der Waals surface area contributed by atoms with Crippen molar-refractivity contribution in [3.63, 3.8) is 0 Å². The quantitative estimate of drug-likeness (QED) is 0.675. The fraction of sp³-hybridized carbons (Fsp3) is 0.933. The summed E-state index contributed by atoms with van der Waals surface area (Å²) < 4.78 is 25.0. The van der Waals surface area contributed by atoms with Crippen LogP contribution in [0, 0.1) is 11.8 Å². The number of nitrogens with zero attached hydrogens (tertiary/aromatic N) is 1. The molecule has 2 fully saturated rings. The summed E-state index contributed by atoms with van der Waals surface area (Å²) in [5, 5.41) is 13.0. The summed E-state index contributed by atoms with van der Waals surface area (Å²) >= 11 is 0. The van der Waals surface area contributed by atoms with E-state index in [9.17, 15) is 18.3 Å². The molecule has 23 heavy (non-hydrogen) atoms. The molecule has 0 spiro atoms. The summed E-state index contributed by atoms with van der Waals surface area (Å²) in [5.74, 6) is 0.583. The van der Waals surface area contributed by atoms with E-state index < -0.39 is 10.0 Å². The van der Waals surface area contributed by atoms with Gasteiger partial charge in [0, 0.05) is 25.0 Å². The minimum atomic E-state index is -3.31. The Bertz CT molecular complexity index is 511. The van der Waals surface area contributed by atoms with Crippen molar-refractivity contribution in [1.29, 1.82) is 0 Å². The van der Waals surface area contributed by atoms with E-state index in [1.807, 2.05) is 0 Å². The van der Waals surface area contributed by atoms with Crippen molar-refractivity contribution in [2.24, 2.45) is 11.8 Å². The number of hydrogen-bond acceptors (Lipinski definition) is 4. The summed E-state index contributed by atoms with van der Waals surface area (Å²) in [6.07, 6.45) is 4.30. The predicted molar refractivity (Wildman–Crippen MR) is 88.5 cm³/mol. The number of urea groups is 1. The molecule has 4 atom stereocenters. The lowest BCUT2D eigenvalue weighted by molar-refractivity contribution is 0.0154. The number of aliphatic hydroxyl groups is 1. The SMILES string of the molecule is CNS(=O)(=O)CCNC(=O)N1CCC[C@@H]1[C@@H]1C[C@H](C)CC[C@H]1O. The Kier molecular flexibility index (Phi) is 6.27. The molecule has 2 amide bonds. The second kappa shape index (κ2) is 7.81. The summed E-state index contributed by atoms with van der Waals surface area (Å²) in [5.41, 5.74) is 0. The van der Waals surface area contributed by atoms with Crippen molar-refractivity contribution in [3.8, 4) is 0 Å². The molecule has 0 aromatic carbocycles. The van der Waals surface area contributed by atoms with Crippen LogP contribution in [-0.2, 0) is 10.0 Å². The highest BCUT2D eigenvalue weighted by atomic mass is 32.2. The summed E-state index contributed by atoms with van der Waals surface area (Å²) in [6, 6.07) is -0.155. The Morgan fingerprint density at radius 2 is 2.04 bits per heavy atom. The second-order valence-electron chi connectivity index (χ2n) is 6.81. The normalized spacial score (nSPS) is 32.0. The Hall–Kier alpha value is -0.860. The van der Waals surface area contributed by atoms with Crippen molar-refractivity contribution in [1.82, 2.24) is 14.9 Å². The van der Waals surface area contributed by atoms with Gasteiger partial charge in [-0.3, -0.25) is 0 Å². The number of carbonyl (C=O) groups is 1. The summed E-state index contributed by atoms with van der Waals surface area (Å²) in [6.45, 7) is 2.96. The molecule has 0 aromatic heterocycles. The number of nitrogens with one attached hydrogen (secondary N) is 2. The molecule has 0 radical (unpaired) electrons. The van der Waals surface area contributed by atoms with Crippen molar-refractivity contribution < 1.29 is 18.3 Å². The fourth-order valence-electron chi connectivity index (χ4n) is 3.81. The molecule has 1 aliphatic carbocycles. The zero-order valence-corrected chi connectivity index (χ0v) is 14.8. The van der Waals surface area contributed by atoms with Crippen LogP contribution >= 0.6 is 0 Å². The van der Waals surface area contributed by atoms with Gasteiger partial charge in [0.15, 0.2) is 0 Å². The Morgan fingerprint density at radius 1 is 1.30 bits per heavy atom. The van der Waals surface area contributed by atoms with Crippen LogP contribution in [0.2, 0.25) is 0 Å². The Morgan fingerprint density at radius 3 is 2.74 bits per heavy atom. The number of rotatable bonds is 5. The van der Waals surface area contributed by atoms with Crippen LogP contribution in [0.15, 0.2) is 0 Å². The van der Waals surface area contributed by atoms with Crippen LogP contribution in [-0.4, -0.2) is 62.5 Å². The average Bonchev–Trinajstić information content (AvgIpc) is 2.99. The van der Waals surface area contributed by atoms with Crippen LogP contribution in [0.25, 0.3) is 0 Å². The van der Waals surface area contributed by atoms with Crippen molar-refractivity contribution >= 4 is 16.1 Å². The highest BCUT2D eigenvalue weighted by molar-refractivity contribution is 7.89. The zero-order chi connectivity index (χ0) is 17.0. The number of amides is 2. The molecule has 1 aliphatic heterocycles. The standard InChI is InChI=1S/C15H29N3O4S/c1-11-5-6-14(19)12(10-11)13-4-3-8-18(13)15(20)17-7-9-23(21,22)16-2/h11-14,16,19H,3-10H2,1-2H3,(H,17,20)/t11-,12+,13-,14-/m1/s1. The molecule has 1 heterocycles. The number of aliphatic hydroxyl groups excluding tert-OH is 1. The van der Waals surface area contributed by atoms with Gasteiger partial charge in [-0.05, 0) is 45.1 Å². The van der Waals surface area contributed by atoms with Crippen LogP contribution in [0.4, 0.5) is 4.79 Å². The molecule has 1 saturated heterocycles. The van der Waals surface area contributed by atoms with Gasteiger partial charge < -0.3 is 15.3 Å². The smallest absolute Gasteiger partial charge is 0.317 e. The maximum Gasteiger partial charge on any atom is 0.317 e. The topological polar surface area (TPSA) is 98.7 Å². The van der Waals surface area contributed by atoms with Gasteiger partial charge in [0.2, 0.25) is 10.0 Å². The highest BCUT2D eigenvalue weighted by Gasteiger charge is 2.40. The monoisotopic (exact) mass is 347 g/mol. The lowest BCUT2D eigenvalue weighted by Crippen LogP contribution is -2.50. The Balaban J connectivity index is 1.91. The van der Waals surface area contributed by atoms with Crippen LogP contribution in [0.5, 0.6) is 0 Å². The third-order valence-electron chi connectivity index (χ3n) is 5.14. The molecule has 3 N–H and O–H groups in total. The van der Waals surface area contributed by atoms with E-state index in [0.717, 1.165) is 32.1 Å². The van der Waals surface area contributed by atoms with E-state index in [2.05, 4.69) is 17.0 Å². The summed E-state index contributed by atoms with van der Waals surface area (Å²) in [7, 11) is -1.95. The largest absolute Gasteiger partial charge is 0.393 e. The maximum absolute atomic E-state index is 12.4. The van der Waals surface area contributed by atoms with Gasteiger partial charge in [-0.25, -0.2) is 17.9 Å². The molecule has 134 valence electrons. The second-order valence-corrected chi connectivity index (χ2v) is 8.85. The lowest BCUT2D eigenvalue weighted by Gasteiger charge is -2.39. The van der Waals surface area contributed by atoms with Crippen molar-refractivity contribution in [2.75, 3.05) is 25.9 Å². The van der Waals surface area contributed by atoms with E-state index in [0.29, 0.717) is 12.5 Å². The van der Waals surface area contributed by atoms with E-state index in [1.165, 1.54) is 7.05 Å². The van der Waals surface area contributed by atoms with Gasteiger partial charge in [0.1, 0.15) is 0 Å². The molecule has 1 saturated carbocycles. The molecule has 0 unspecified atom stereocenters. The van der Waals surface area contributed by atoms with Crippen LogP contribution in [0.1, 0.15) is 39.0 Å². The van der Waals surface area contributed by atoms with Gasteiger partial charge in [-0.1, -0.05) is 6.92 Å². The highest BCUT2D eigenvalue weighted by Crippen LogP contribution is 2.37. The summed E-state index contributed by atoms with van der Waals surface area (Å²) in [4.78, 5) is 14.2. The number of sulfonamides is 1. The van der Waals surface area contributed by atoms with Crippen LogP contribution < -0.4 is 10.0 Å². The molecule has 7 nitrogen and oxygen atoms in total. The molecular formula is C15H29N3O4S. The van der Waals surface area contributed by atoms with E-state index in [-0.39, 0.29) is 36.4 Å². The number of carbonyl (C=O) groups excluding carboxylic acids is 1. The first-order chi connectivity index (χ1) is 10.8. The number of likely N-dealkylation sites (tertiary alicyclic amines) is 1. The molecule has 2 aliphatic rings. The third kappa shape index (κ3) is 4.81. The van der Waals surface area contributed by atoms with Gasteiger partial charge in [-0.2, -0.15) is 0 Å². The van der Waals surface area contributed by atoms with E-state index in [1.54, 1.807) is 4.90 Å². The lowest BCUT2D eigenvalue weighted by atomic mass is 9.76. The minimum absolute atomic E-state index is 0.0636. The molecule has 0 bridgehead atoms. The first kappa shape index (κ1) is 18.5. The third-order valence-corrected chi connectivity index (χ3v) is 6.50. The molecule has 2 rings (SSSR count). The first-order valence-corrected chi connectivity index (χ1v) is 10.1. The molecule has 0 aromatic rings. The van der Waals surface area contributed by atoms with Crippen LogP contribution in [0.3, 0.4) is 0 Å². The minimum Gasteiger partial charge on any atom is -0.393 e. The number of hydrogen-bond donors (Lipinski definition) is 3. The predicted octanol–water partition coefficient (Wildman–Crippen LogP) is 0.507. The van der Waals surface area contributed by atoms with Gasteiger partial charge in [0.25, 0.3) is 0 Å². The van der Waals surface area contributed by atoms with Crippen molar-refractivity contribution in [3.05, 3.63) is 0 Å². The average molecular weight is 347 g/mol. The van der Waals surface area contributed by atoms with Gasteiger partial charge >= 0.3 is 6.03 Å². The van der Waals surface area contributed by atoms with E-state index >= 15 is 0 Å². The zero-order valence-electron chi connectivity index (χ0n) is 14.0. The van der Waals surface area contributed by atoms with Gasteiger partial charge in [0.05, 0.1) is 11.9 Å². The molecular weight excluding hydrogens is 318 g/mol. The fourth-order valence-corrected chi connectivity index (χ4v) is 4.38.